The molecule has 72 valence electrons. The first-order chi connectivity index (χ1) is 7.43. The molecule has 1 aliphatic rings. The predicted molar refractivity (Wildman–Crippen MR) is 58.3 cm³/mol. The Morgan fingerprint density at radius 1 is 0.933 bits per heavy atom. The summed E-state index contributed by atoms with van der Waals surface area (Å²) in [6.45, 7) is 0. The molecule has 1 aromatic carbocycles. The average molecular weight is 196 g/mol. The highest BCUT2D eigenvalue weighted by atomic mass is 16.5. The van der Waals surface area contributed by atoms with Gasteiger partial charge in [-0.05, 0) is 24.3 Å². The summed E-state index contributed by atoms with van der Waals surface area (Å²) in [5.74, 6) is 0.554. The molecule has 3 rings (SSSR count). The van der Waals surface area contributed by atoms with E-state index in [1.165, 1.54) is 0 Å². The molecule has 1 aromatic heterocycles. The summed E-state index contributed by atoms with van der Waals surface area (Å²) in [5.41, 5.74) is 2.49. The minimum Gasteiger partial charge on any atom is -0.445 e. The Balaban J connectivity index is 2.31. The van der Waals surface area contributed by atoms with Gasteiger partial charge in [0.2, 0.25) is 5.88 Å². The van der Waals surface area contributed by atoms with Gasteiger partial charge >= 0.3 is 0 Å². The zero-order chi connectivity index (χ0) is 10.1. The fourth-order valence-corrected chi connectivity index (χ4v) is 1.49. The van der Waals surface area contributed by atoms with Crippen molar-refractivity contribution in [3.63, 3.8) is 0 Å². The van der Waals surface area contributed by atoms with Crippen LogP contribution in [-0.2, 0) is 0 Å². The van der Waals surface area contributed by atoms with Crippen molar-refractivity contribution < 1.29 is 4.74 Å². The Morgan fingerprint density at radius 2 is 1.73 bits per heavy atom. The molecule has 1 aliphatic heterocycles. The van der Waals surface area contributed by atoms with Gasteiger partial charge in [-0.15, -0.1) is 0 Å². The van der Waals surface area contributed by atoms with Crippen molar-refractivity contribution in [3.05, 3.63) is 48.4 Å². The Morgan fingerprint density at radius 3 is 2.60 bits per heavy atom. The summed E-state index contributed by atoms with van der Waals surface area (Å²) in [6.07, 6.45) is 7.19. The first-order valence-corrected chi connectivity index (χ1v) is 4.70. The number of aromatic nitrogens is 2. The van der Waals surface area contributed by atoms with E-state index in [4.69, 9.17) is 4.74 Å². The van der Waals surface area contributed by atoms with E-state index < -0.39 is 0 Å². The fraction of sp³-hybridized carbons (Fsp3) is 0. The van der Waals surface area contributed by atoms with E-state index in [0.717, 1.165) is 16.7 Å². The van der Waals surface area contributed by atoms with E-state index in [1.54, 1.807) is 6.26 Å². The topological polar surface area (TPSA) is 35.0 Å². The van der Waals surface area contributed by atoms with Crippen LogP contribution in [0, 0.1) is 0 Å². The maximum atomic E-state index is 5.34. The predicted octanol–water partition coefficient (Wildman–Crippen LogP) is 2.55. The molecule has 3 nitrogen and oxygen atoms in total. The van der Waals surface area contributed by atoms with Crippen molar-refractivity contribution >= 4 is 17.1 Å². The largest absolute Gasteiger partial charge is 0.445 e. The van der Waals surface area contributed by atoms with E-state index in [9.17, 15) is 0 Å². The van der Waals surface area contributed by atoms with Gasteiger partial charge < -0.3 is 4.74 Å². The SMILES string of the molecule is C1=COc2nc3ccccc3nc2C=C1. The molecule has 0 saturated carbocycles. The van der Waals surface area contributed by atoms with Crippen LogP contribution in [0.15, 0.2) is 42.7 Å². The second-order valence-corrected chi connectivity index (χ2v) is 3.21. The molecule has 2 heterocycles. The molecule has 0 aliphatic carbocycles. The summed E-state index contributed by atoms with van der Waals surface area (Å²) >= 11 is 0. The number of hydrogen-bond acceptors (Lipinski definition) is 3. The van der Waals surface area contributed by atoms with Crippen LogP contribution in [-0.4, -0.2) is 9.97 Å². The number of hydrogen-bond donors (Lipinski definition) is 0. The standard InChI is InChI=1S/C12H8N2O/c1-2-6-10-9(5-1)13-11-7-3-4-8-15-12(11)14-10/h1-8H. The first kappa shape index (κ1) is 8.17. The number of allylic oxidation sites excluding steroid dienone is 2. The van der Waals surface area contributed by atoms with Crippen LogP contribution in [0.2, 0.25) is 0 Å². The molecule has 0 atom stereocenters. The van der Waals surface area contributed by atoms with Crippen LogP contribution in [0.4, 0.5) is 0 Å². The third-order valence-corrected chi connectivity index (χ3v) is 2.19. The zero-order valence-corrected chi connectivity index (χ0v) is 7.92. The van der Waals surface area contributed by atoms with Crippen LogP contribution in [0.25, 0.3) is 17.1 Å². The fourth-order valence-electron chi connectivity index (χ4n) is 1.49. The van der Waals surface area contributed by atoms with Gasteiger partial charge in [-0.1, -0.05) is 18.2 Å². The van der Waals surface area contributed by atoms with Gasteiger partial charge in [0, 0.05) is 0 Å². The van der Waals surface area contributed by atoms with E-state index in [-0.39, 0.29) is 0 Å². The normalized spacial score (nSPS) is 13.3. The second-order valence-electron chi connectivity index (χ2n) is 3.21. The van der Waals surface area contributed by atoms with Gasteiger partial charge in [0.1, 0.15) is 5.69 Å². The molecule has 0 amide bonds. The maximum Gasteiger partial charge on any atom is 0.245 e. The number of benzene rings is 1. The minimum atomic E-state index is 0.554. The molecule has 0 fully saturated rings. The van der Waals surface area contributed by atoms with Gasteiger partial charge in [0.15, 0.2) is 0 Å². The number of para-hydroxylation sites is 2. The number of fused-ring (bicyclic) bond motifs is 2. The number of ether oxygens (including phenoxy) is 1. The van der Waals surface area contributed by atoms with E-state index in [1.807, 2.05) is 42.5 Å². The number of rotatable bonds is 0. The van der Waals surface area contributed by atoms with E-state index in [2.05, 4.69) is 9.97 Å². The van der Waals surface area contributed by atoms with Crippen molar-refractivity contribution in [2.24, 2.45) is 0 Å². The third kappa shape index (κ3) is 1.38. The lowest BCUT2D eigenvalue weighted by Gasteiger charge is -2.03. The van der Waals surface area contributed by atoms with Gasteiger partial charge in [0.05, 0.1) is 17.3 Å². The highest BCUT2D eigenvalue weighted by Crippen LogP contribution is 2.21. The van der Waals surface area contributed by atoms with Crippen molar-refractivity contribution in [2.45, 2.75) is 0 Å². The average Bonchev–Trinajstić information content (AvgIpc) is 2.50. The van der Waals surface area contributed by atoms with E-state index in [0.29, 0.717) is 5.88 Å². The quantitative estimate of drug-likeness (QED) is 0.649. The van der Waals surface area contributed by atoms with Gasteiger partial charge in [0.25, 0.3) is 0 Å². The highest BCUT2D eigenvalue weighted by Gasteiger charge is 2.07. The molecule has 0 bridgehead atoms. The Bertz CT molecular complexity index is 573. The summed E-state index contributed by atoms with van der Waals surface area (Å²) < 4.78 is 5.34. The van der Waals surface area contributed by atoms with Crippen LogP contribution < -0.4 is 4.74 Å². The Labute approximate surface area is 86.7 Å². The van der Waals surface area contributed by atoms with Crippen LogP contribution in [0.1, 0.15) is 5.69 Å². The summed E-state index contributed by atoms with van der Waals surface area (Å²) in [7, 11) is 0. The molecule has 3 heteroatoms. The van der Waals surface area contributed by atoms with Crippen molar-refractivity contribution in [1.82, 2.24) is 9.97 Å². The second kappa shape index (κ2) is 3.20. The third-order valence-electron chi connectivity index (χ3n) is 2.19. The molecule has 0 saturated heterocycles. The van der Waals surface area contributed by atoms with Crippen LogP contribution in [0.3, 0.4) is 0 Å². The molecule has 0 spiro atoms. The molecule has 15 heavy (non-hydrogen) atoms. The molecular formula is C12H8N2O. The first-order valence-electron chi connectivity index (χ1n) is 4.70. The Kier molecular flexibility index (Phi) is 1.75. The monoisotopic (exact) mass is 196 g/mol. The summed E-state index contributed by atoms with van der Waals surface area (Å²) in [6, 6.07) is 7.74. The summed E-state index contributed by atoms with van der Waals surface area (Å²) in [5, 5.41) is 0. The maximum absolute atomic E-state index is 5.34. The van der Waals surface area contributed by atoms with Gasteiger partial charge in [-0.2, -0.15) is 0 Å². The summed E-state index contributed by atoms with van der Waals surface area (Å²) in [4.78, 5) is 8.85. The van der Waals surface area contributed by atoms with Crippen LogP contribution in [0.5, 0.6) is 5.88 Å². The van der Waals surface area contributed by atoms with Crippen molar-refractivity contribution in [2.75, 3.05) is 0 Å². The van der Waals surface area contributed by atoms with Crippen LogP contribution >= 0.6 is 0 Å². The van der Waals surface area contributed by atoms with Crippen molar-refractivity contribution in [3.8, 4) is 5.88 Å². The lowest BCUT2D eigenvalue weighted by Crippen LogP contribution is -1.93. The smallest absolute Gasteiger partial charge is 0.245 e. The molecule has 0 unspecified atom stereocenters. The molecule has 2 aromatic rings. The number of nitrogens with zero attached hydrogens (tertiary/aromatic N) is 2. The zero-order valence-electron chi connectivity index (χ0n) is 7.92. The van der Waals surface area contributed by atoms with E-state index >= 15 is 0 Å². The highest BCUT2D eigenvalue weighted by molar-refractivity contribution is 5.76. The molecule has 0 N–H and O–H groups in total. The Hall–Kier alpha value is -2.16. The van der Waals surface area contributed by atoms with Gasteiger partial charge in [-0.25, -0.2) is 9.97 Å². The van der Waals surface area contributed by atoms with Crippen molar-refractivity contribution in [1.29, 1.82) is 0 Å². The lowest BCUT2D eigenvalue weighted by molar-refractivity contribution is 0.461. The minimum absolute atomic E-state index is 0.554. The van der Waals surface area contributed by atoms with Gasteiger partial charge in [-0.3, -0.25) is 0 Å². The lowest BCUT2D eigenvalue weighted by atomic mass is 10.3. The molecule has 0 radical (unpaired) electrons. The molecular weight excluding hydrogens is 188 g/mol.